The predicted octanol–water partition coefficient (Wildman–Crippen LogP) is 1.16. The zero-order valence-electron chi connectivity index (χ0n) is 6.59. The molecule has 11 heavy (non-hydrogen) atoms. The van der Waals surface area contributed by atoms with E-state index in [2.05, 4.69) is 0 Å². The van der Waals surface area contributed by atoms with Crippen molar-refractivity contribution in [3.8, 4) is 0 Å². The number of aryl methyl sites for hydroxylation is 1. The van der Waals surface area contributed by atoms with E-state index in [0.717, 1.165) is 25.1 Å². The molecule has 4 N–H and O–H groups in total. The highest BCUT2D eigenvalue weighted by atomic mass is 14.6. The summed E-state index contributed by atoms with van der Waals surface area (Å²) in [6.07, 6.45) is 2.00. The van der Waals surface area contributed by atoms with Gasteiger partial charge in [0.2, 0.25) is 0 Å². The average Bonchev–Trinajstić information content (AvgIpc) is 2.03. The Kier molecular flexibility index (Phi) is 2.93. The lowest BCUT2D eigenvalue weighted by Crippen LogP contribution is -2.01. The van der Waals surface area contributed by atoms with E-state index in [1.165, 1.54) is 5.56 Å². The quantitative estimate of drug-likeness (QED) is 0.635. The maximum absolute atomic E-state index is 5.72. The number of rotatable bonds is 3. The summed E-state index contributed by atoms with van der Waals surface area (Å²) in [6.45, 7) is 0.730. The van der Waals surface area contributed by atoms with Gasteiger partial charge >= 0.3 is 0 Å². The minimum absolute atomic E-state index is 0.730. The monoisotopic (exact) mass is 150 g/mol. The van der Waals surface area contributed by atoms with E-state index in [4.69, 9.17) is 11.5 Å². The highest BCUT2D eigenvalue weighted by Crippen LogP contribution is 2.11. The lowest BCUT2D eigenvalue weighted by Gasteiger charge is -2.02. The van der Waals surface area contributed by atoms with Gasteiger partial charge in [-0.1, -0.05) is 18.2 Å². The summed E-state index contributed by atoms with van der Waals surface area (Å²) < 4.78 is 0. The molecule has 2 nitrogen and oxygen atoms in total. The zero-order valence-corrected chi connectivity index (χ0v) is 6.59. The Balaban J connectivity index is 2.62. The van der Waals surface area contributed by atoms with E-state index in [1.54, 1.807) is 0 Å². The number of nitrogens with two attached hydrogens (primary N) is 2. The van der Waals surface area contributed by atoms with Gasteiger partial charge < -0.3 is 11.5 Å². The van der Waals surface area contributed by atoms with Gasteiger partial charge in [0.05, 0.1) is 0 Å². The molecule has 0 aromatic heterocycles. The average molecular weight is 150 g/mol. The van der Waals surface area contributed by atoms with Crippen LogP contribution in [0.15, 0.2) is 24.3 Å². The van der Waals surface area contributed by atoms with Crippen molar-refractivity contribution in [1.82, 2.24) is 0 Å². The van der Waals surface area contributed by atoms with Crippen LogP contribution in [0.3, 0.4) is 0 Å². The predicted molar refractivity (Wildman–Crippen MR) is 48.2 cm³/mol. The Morgan fingerprint density at radius 1 is 1.18 bits per heavy atom. The molecule has 0 spiro atoms. The van der Waals surface area contributed by atoms with Crippen LogP contribution < -0.4 is 11.5 Å². The van der Waals surface area contributed by atoms with Gasteiger partial charge in [-0.05, 0) is 31.0 Å². The van der Waals surface area contributed by atoms with Crippen LogP contribution >= 0.6 is 0 Å². The van der Waals surface area contributed by atoms with Crippen LogP contribution in [-0.4, -0.2) is 6.54 Å². The Hall–Kier alpha value is -1.02. The fourth-order valence-corrected chi connectivity index (χ4v) is 1.05. The van der Waals surface area contributed by atoms with Crippen LogP contribution in [0.5, 0.6) is 0 Å². The molecule has 0 unspecified atom stereocenters. The van der Waals surface area contributed by atoms with Gasteiger partial charge in [0, 0.05) is 5.69 Å². The highest BCUT2D eigenvalue weighted by Gasteiger charge is 1.94. The van der Waals surface area contributed by atoms with Gasteiger partial charge in [-0.25, -0.2) is 0 Å². The summed E-state index contributed by atoms with van der Waals surface area (Å²) in [5.41, 5.74) is 13.2. The Morgan fingerprint density at radius 3 is 2.55 bits per heavy atom. The molecule has 0 aliphatic heterocycles. The second-order valence-electron chi connectivity index (χ2n) is 2.59. The second kappa shape index (κ2) is 3.98. The summed E-state index contributed by atoms with van der Waals surface area (Å²) >= 11 is 0. The topological polar surface area (TPSA) is 52.0 Å². The fourth-order valence-electron chi connectivity index (χ4n) is 1.05. The molecule has 0 atom stereocenters. The highest BCUT2D eigenvalue weighted by molar-refractivity contribution is 5.46. The standard InChI is InChI=1S/C9H14N2/c10-7-3-5-8-4-1-2-6-9(8)11/h1-2,4,6H,3,5,7,10-11H2. The fraction of sp³-hybridized carbons (Fsp3) is 0.333. The number of para-hydroxylation sites is 1. The summed E-state index contributed by atoms with van der Waals surface area (Å²) in [5.74, 6) is 0. The minimum Gasteiger partial charge on any atom is -0.399 e. The zero-order chi connectivity index (χ0) is 8.10. The normalized spacial score (nSPS) is 9.91. The number of nitrogen functional groups attached to an aromatic ring is 1. The van der Waals surface area contributed by atoms with Crippen molar-refractivity contribution in [2.75, 3.05) is 12.3 Å². The van der Waals surface area contributed by atoms with Crippen molar-refractivity contribution in [3.63, 3.8) is 0 Å². The summed E-state index contributed by atoms with van der Waals surface area (Å²) in [6, 6.07) is 7.92. The van der Waals surface area contributed by atoms with Gasteiger partial charge in [0.1, 0.15) is 0 Å². The van der Waals surface area contributed by atoms with Crippen LogP contribution in [0, 0.1) is 0 Å². The molecule has 0 fully saturated rings. The molecular formula is C9H14N2. The van der Waals surface area contributed by atoms with Gasteiger partial charge in [0.25, 0.3) is 0 Å². The third-order valence-electron chi connectivity index (χ3n) is 1.71. The van der Waals surface area contributed by atoms with Crippen molar-refractivity contribution in [1.29, 1.82) is 0 Å². The molecule has 0 radical (unpaired) electrons. The van der Waals surface area contributed by atoms with E-state index < -0.39 is 0 Å². The smallest absolute Gasteiger partial charge is 0.0346 e. The molecule has 1 aromatic carbocycles. The van der Waals surface area contributed by atoms with E-state index >= 15 is 0 Å². The maximum atomic E-state index is 5.72. The van der Waals surface area contributed by atoms with Crippen molar-refractivity contribution in [2.24, 2.45) is 5.73 Å². The first-order valence-corrected chi connectivity index (χ1v) is 3.88. The lowest BCUT2D eigenvalue weighted by molar-refractivity contribution is 0.834. The summed E-state index contributed by atoms with van der Waals surface area (Å²) in [7, 11) is 0. The van der Waals surface area contributed by atoms with E-state index in [-0.39, 0.29) is 0 Å². The van der Waals surface area contributed by atoms with Crippen molar-refractivity contribution in [3.05, 3.63) is 29.8 Å². The van der Waals surface area contributed by atoms with Crippen LogP contribution in [0.25, 0.3) is 0 Å². The molecule has 0 aliphatic carbocycles. The van der Waals surface area contributed by atoms with Crippen LogP contribution in [-0.2, 0) is 6.42 Å². The Bertz CT molecular complexity index is 221. The van der Waals surface area contributed by atoms with Crippen LogP contribution in [0.2, 0.25) is 0 Å². The second-order valence-corrected chi connectivity index (χ2v) is 2.59. The van der Waals surface area contributed by atoms with Crippen molar-refractivity contribution >= 4 is 5.69 Å². The molecular weight excluding hydrogens is 136 g/mol. The molecule has 2 heteroatoms. The van der Waals surface area contributed by atoms with E-state index in [1.807, 2.05) is 24.3 Å². The first kappa shape index (κ1) is 8.08. The van der Waals surface area contributed by atoms with Crippen LogP contribution in [0.1, 0.15) is 12.0 Å². The van der Waals surface area contributed by atoms with Gasteiger partial charge in [0.15, 0.2) is 0 Å². The molecule has 0 saturated heterocycles. The Morgan fingerprint density at radius 2 is 1.91 bits per heavy atom. The first-order valence-electron chi connectivity index (χ1n) is 3.88. The number of benzene rings is 1. The third kappa shape index (κ3) is 2.24. The van der Waals surface area contributed by atoms with Crippen molar-refractivity contribution < 1.29 is 0 Å². The number of hydrogen-bond donors (Lipinski definition) is 2. The lowest BCUT2D eigenvalue weighted by atomic mass is 10.1. The van der Waals surface area contributed by atoms with Gasteiger partial charge in [-0.15, -0.1) is 0 Å². The Labute approximate surface area is 67.2 Å². The molecule has 0 aliphatic rings. The maximum Gasteiger partial charge on any atom is 0.0346 e. The summed E-state index contributed by atoms with van der Waals surface area (Å²) in [4.78, 5) is 0. The van der Waals surface area contributed by atoms with Gasteiger partial charge in [-0.2, -0.15) is 0 Å². The van der Waals surface area contributed by atoms with Crippen molar-refractivity contribution in [2.45, 2.75) is 12.8 Å². The first-order chi connectivity index (χ1) is 5.34. The largest absolute Gasteiger partial charge is 0.399 e. The molecule has 60 valence electrons. The van der Waals surface area contributed by atoms with E-state index in [0.29, 0.717) is 0 Å². The van der Waals surface area contributed by atoms with Gasteiger partial charge in [-0.3, -0.25) is 0 Å². The SMILES string of the molecule is NCCCc1ccccc1N. The summed E-state index contributed by atoms with van der Waals surface area (Å²) in [5, 5.41) is 0. The van der Waals surface area contributed by atoms with E-state index in [9.17, 15) is 0 Å². The molecule has 0 amide bonds. The molecule has 0 bridgehead atoms. The molecule has 0 saturated carbocycles. The van der Waals surface area contributed by atoms with Crippen LogP contribution in [0.4, 0.5) is 5.69 Å². The number of anilines is 1. The molecule has 1 rings (SSSR count). The third-order valence-corrected chi connectivity index (χ3v) is 1.71. The molecule has 0 heterocycles. The molecule has 1 aromatic rings. The minimum atomic E-state index is 0.730. The number of hydrogen-bond acceptors (Lipinski definition) is 2.